The molecule has 1 aromatic heterocycles. The first kappa shape index (κ1) is 19.0. The smallest absolute Gasteiger partial charge is 0.233 e. The standard InChI is InChI=1S/C21H21ClN4OS/c1-13-4-3-5-18(12-13)26-19(15-6-8-16(22)9-7-15)24-25-21(26)28-14(2)20(27)23-17-10-11-17/h3-9,12,14,17H,10-11H2,1-2H3,(H,23,27). The van der Waals surface area contributed by atoms with Crippen LogP contribution in [-0.2, 0) is 4.79 Å². The van der Waals surface area contributed by atoms with Gasteiger partial charge in [0, 0.05) is 22.3 Å². The van der Waals surface area contributed by atoms with Crippen molar-refractivity contribution in [1.82, 2.24) is 20.1 Å². The van der Waals surface area contributed by atoms with Gasteiger partial charge in [-0.05, 0) is 68.7 Å². The molecular formula is C21H21ClN4OS. The minimum Gasteiger partial charge on any atom is -0.352 e. The molecule has 28 heavy (non-hydrogen) atoms. The molecule has 1 fully saturated rings. The molecule has 1 heterocycles. The summed E-state index contributed by atoms with van der Waals surface area (Å²) in [5.74, 6) is 0.763. The molecule has 1 aliphatic rings. The number of amides is 1. The van der Waals surface area contributed by atoms with Gasteiger partial charge < -0.3 is 5.32 Å². The van der Waals surface area contributed by atoms with Gasteiger partial charge in [-0.15, -0.1) is 10.2 Å². The molecule has 0 saturated heterocycles. The Morgan fingerprint density at radius 3 is 2.64 bits per heavy atom. The van der Waals surface area contributed by atoms with Crippen LogP contribution >= 0.6 is 23.4 Å². The first-order valence-corrected chi connectivity index (χ1v) is 10.5. The number of thioether (sulfide) groups is 1. The Morgan fingerprint density at radius 2 is 1.96 bits per heavy atom. The van der Waals surface area contributed by atoms with Crippen molar-refractivity contribution in [3.63, 3.8) is 0 Å². The third kappa shape index (κ3) is 4.23. The molecule has 1 aliphatic carbocycles. The quantitative estimate of drug-likeness (QED) is 0.598. The molecule has 144 valence electrons. The van der Waals surface area contributed by atoms with Gasteiger partial charge in [-0.1, -0.05) is 35.5 Å². The van der Waals surface area contributed by atoms with Crippen molar-refractivity contribution in [1.29, 1.82) is 0 Å². The third-order valence-electron chi connectivity index (χ3n) is 4.57. The van der Waals surface area contributed by atoms with Gasteiger partial charge in [0.15, 0.2) is 11.0 Å². The van der Waals surface area contributed by atoms with Crippen LogP contribution in [0.2, 0.25) is 5.02 Å². The van der Waals surface area contributed by atoms with Crippen LogP contribution in [0.4, 0.5) is 0 Å². The van der Waals surface area contributed by atoms with Gasteiger partial charge in [-0.25, -0.2) is 0 Å². The van der Waals surface area contributed by atoms with Crippen molar-refractivity contribution in [2.75, 3.05) is 0 Å². The van der Waals surface area contributed by atoms with E-state index in [1.165, 1.54) is 11.8 Å². The summed E-state index contributed by atoms with van der Waals surface area (Å²) in [6.07, 6.45) is 2.15. The maximum atomic E-state index is 12.4. The SMILES string of the molecule is Cc1cccc(-n2c(SC(C)C(=O)NC3CC3)nnc2-c2ccc(Cl)cc2)c1. The Hall–Kier alpha value is -2.31. The van der Waals surface area contributed by atoms with Crippen molar-refractivity contribution >= 4 is 29.3 Å². The Morgan fingerprint density at radius 1 is 1.21 bits per heavy atom. The van der Waals surface area contributed by atoms with Crippen LogP contribution in [0, 0.1) is 6.92 Å². The maximum Gasteiger partial charge on any atom is 0.233 e. The lowest BCUT2D eigenvalue weighted by Crippen LogP contribution is -2.32. The molecule has 1 amide bonds. The van der Waals surface area contributed by atoms with Gasteiger partial charge in [-0.2, -0.15) is 0 Å². The van der Waals surface area contributed by atoms with Crippen LogP contribution in [0.15, 0.2) is 53.7 Å². The van der Waals surface area contributed by atoms with Crippen molar-refractivity contribution in [3.05, 3.63) is 59.1 Å². The largest absolute Gasteiger partial charge is 0.352 e. The molecule has 2 aromatic carbocycles. The number of carbonyl (C=O) groups is 1. The molecule has 5 nitrogen and oxygen atoms in total. The highest BCUT2D eigenvalue weighted by molar-refractivity contribution is 8.00. The van der Waals surface area contributed by atoms with Crippen molar-refractivity contribution < 1.29 is 4.79 Å². The number of hydrogen-bond donors (Lipinski definition) is 1. The highest BCUT2D eigenvalue weighted by Crippen LogP contribution is 2.31. The fourth-order valence-corrected chi connectivity index (χ4v) is 3.89. The summed E-state index contributed by atoms with van der Waals surface area (Å²) >= 11 is 7.46. The Labute approximate surface area is 173 Å². The zero-order valence-corrected chi connectivity index (χ0v) is 17.3. The highest BCUT2D eigenvalue weighted by atomic mass is 35.5. The molecule has 1 saturated carbocycles. The molecule has 0 bridgehead atoms. The monoisotopic (exact) mass is 412 g/mol. The van der Waals surface area contributed by atoms with Crippen LogP contribution in [0.5, 0.6) is 0 Å². The molecule has 7 heteroatoms. The summed E-state index contributed by atoms with van der Waals surface area (Å²) in [6, 6.07) is 16.0. The van der Waals surface area contributed by atoms with Crippen LogP contribution in [-0.4, -0.2) is 32.0 Å². The van der Waals surface area contributed by atoms with Crippen LogP contribution in [0.1, 0.15) is 25.3 Å². The van der Waals surface area contributed by atoms with E-state index in [1.807, 2.05) is 60.9 Å². The second-order valence-electron chi connectivity index (χ2n) is 7.03. The number of aromatic nitrogens is 3. The van der Waals surface area contributed by atoms with E-state index >= 15 is 0 Å². The number of halogens is 1. The number of nitrogens with zero attached hydrogens (tertiary/aromatic N) is 3. The lowest BCUT2D eigenvalue weighted by atomic mass is 10.2. The van der Waals surface area contributed by atoms with E-state index in [0.29, 0.717) is 16.2 Å². The summed E-state index contributed by atoms with van der Waals surface area (Å²) < 4.78 is 2.00. The molecule has 1 atom stereocenters. The summed E-state index contributed by atoms with van der Waals surface area (Å²) in [6.45, 7) is 3.95. The van der Waals surface area contributed by atoms with Gasteiger partial charge in [0.1, 0.15) is 0 Å². The van der Waals surface area contributed by atoms with E-state index in [1.54, 1.807) is 0 Å². The van der Waals surface area contributed by atoms with Crippen LogP contribution < -0.4 is 5.32 Å². The lowest BCUT2D eigenvalue weighted by Gasteiger charge is -2.14. The van der Waals surface area contributed by atoms with Gasteiger partial charge in [-0.3, -0.25) is 9.36 Å². The minimum atomic E-state index is -0.258. The summed E-state index contributed by atoms with van der Waals surface area (Å²) in [4.78, 5) is 12.4. The number of carbonyl (C=O) groups excluding carboxylic acids is 1. The molecule has 3 aromatic rings. The molecule has 0 aliphatic heterocycles. The molecular weight excluding hydrogens is 392 g/mol. The number of hydrogen-bond acceptors (Lipinski definition) is 4. The fraction of sp³-hybridized carbons (Fsp3) is 0.286. The van der Waals surface area contributed by atoms with E-state index < -0.39 is 0 Å². The molecule has 4 rings (SSSR count). The Bertz CT molecular complexity index is 998. The van der Waals surface area contributed by atoms with Gasteiger partial charge in [0.05, 0.1) is 5.25 Å². The molecule has 0 radical (unpaired) electrons. The van der Waals surface area contributed by atoms with E-state index in [4.69, 9.17) is 11.6 Å². The Balaban J connectivity index is 1.71. The van der Waals surface area contributed by atoms with E-state index in [0.717, 1.165) is 35.5 Å². The van der Waals surface area contributed by atoms with Gasteiger partial charge >= 0.3 is 0 Å². The average molecular weight is 413 g/mol. The van der Waals surface area contributed by atoms with Crippen molar-refractivity contribution in [3.8, 4) is 17.1 Å². The van der Waals surface area contributed by atoms with Crippen molar-refractivity contribution in [2.24, 2.45) is 0 Å². The molecule has 1 N–H and O–H groups in total. The van der Waals surface area contributed by atoms with Gasteiger partial charge in [0.25, 0.3) is 0 Å². The van der Waals surface area contributed by atoms with Crippen LogP contribution in [0.25, 0.3) is 17.1 Å². The van der Waals surface area contributed by atoms with Crippen molar-refractivity contribution in [2.45, 2.75) is 43.1 Å². The Kier molecular flexibility index (Phi) is 5.42. The predicted octanol–water partition coefficient (Wildman–Crippen LogP) is 4.66. The number of rotatable bonds is 6. The summed E-state index contributed by atoms with van der Waals surface area (Å²) in [5, 5.41) is 13.0. The fourth-order valence-electron chi connectivity index (χ4n) is 2.89. The first-order chi connectivity index (χ1) is 13.5. The summed E-state index contributed by atoms with van der Waals surface area (Å²) in [7, 11) is 0. The normalized spacial score (nSPS) is 14.7. The first-order valence-electron chi connectivity index (χ1n) is 9.26. The molecule has 0 spiro atoms. The summed E-state index contributed by atoms with van der Waals surface area (Å²) in [5.41, 5.74) is 3.02. The average Bonchev–Trinajstić information content (AvgIpc) is 3.39. The number of nitrogens with one attached hydrogen (secondary N) is 1. The number of benzene rings is 2. The van der Waals surface area contributed by atoms with E-state index in [2.05, 4.69) is 21.6 Å². The minimum absolute atomic E-state index is 0.0411. The third-order valence-corrected chi connectivity index (χ3v) is 5.87. The zero-order chi connectivity index (χ0) is 19.7. The second kappa shape index (κ2) is 7.97. The topological polar surface area (TPSA) is 59.8 Å². The maximum absolute atomic E-state index is 12.4. The highest BCUT2D eigenvalue weighted by Gasteiger charge is 2.27. The van der Waals surface area contributed by atoms with E-state index in [-0.39, 0.29) is 11.2 Å². The predicted molar refractivity (Wildman–Crippen MR) is 113 cm³/mol. The van der Waals surface area contributed by atoms with Gasteiger partial charge in [0.2, 0.25) is 5.91 Å². The second-order valence-corrected chi connectivity index (χ2v) is 8.77. The van der Waals surface area contributed by atoms with Crippen LogP contribution in [0.3, 0.4) is 0 Å². The number of aryl methyl sites for hydroxylation is 1. The van der Waals surface area contributed by atoms with E-state index in [9.17, 15) is 4.79 Å². The lowest BCUT2D eigenvalue weighted by molar-refractivity contribution is -0.120. The molecule has 1 unspecified atom stereocenters. The zero-order valence-electron chi connectivity index (χ0n) is 15.7.